The Hall–Kier alpha value is -2.20. The van der Waals surface area contributed by atoms with Crippen LogP contribution in [0, 0.1) is 0 Å². The summed E-state index contributed by atoms with van der Waals surface area (Å²) in [5.74, 6) is -0.616. The molecule has 164 valence electrons. The molecule has 0 bridgehead atoms. The molecule has 1 aromatic heterocycles. The van der Waals surface area contributed by atoms with Gasteiger partial charge in [-0.1, -0.05) is 23.2 Å². The number of benzene rings is 1. The number of carbonyl (C=O) groups excluding carboxylic acids is 3. The van der Waals surface area contributed by atoms with E-state index in [-0.39, 0.29) is 28.6 Å². The van der Waals surface area contributed by atoms with Gasteiger partial charge in [0.15, 0.2) is 5.13 Å². The third-order valence-electron chi connectivity index (χ3n) is 5.21. The molecule has 4 rings (SSSR count). The van der Waals surface area contributed by atoms with Gasteiger partial charge in [0.25, 0.3) is 17.7 Å². The molecule has 2 aromatic rings. The van der Waals surface area contributed by atoms with Gasteiger partial charge in [0, 0.05) is 43.7 Å². The van der Waals surface area contributed by atoms with Gasteiger partial charge in [0.05, 0.1) is 10.0 Å². The number of rotatable bonds is 4. The van der Waals surface area contributed by atoms with Crippen molar-refractivity contribution in [2.45, 2.75) is 18.9 Å². The standard InChI is InChI=1S/C20H20Cl2N4O4S/c21-13-4-3-12(10-14(13)22)17(27)24-20-23-15(11-31-20)18(28)25-5-7-26(8-6-25)19(29)16-2-1-9-30-16/h3-4,10-11,16H,1-2,5-9H2,(H,23,24,27). The Kier molecular flexibility index (Phi) is 6.76. The predicted octanol–water partition coefficient (Wildman–Crippen LogP) is 3.17. The minimum absolute atomic E-state index is 0.00515. The fourth-order valence-corrected chi connectivity index (χ4v) is 4.48. The van der Waals surface area contributed by atoms with Crippen LogP contribution >= 0.6 is 34.5 Å². The lowest BCUT2D eigenvalue weighted by molar-refractivity contribution is -0.142. The van der Waals surface area contributed by atoms with Crippen LogP contribution in [0.2, 0.25) is 10.0 Å². The Morgan fingerprint density at radius 2 is 1.84 bits per heavy atom. The number of ether oxygens (including phenoxy) is 1. The van der Waals surface area contributed by atoms with Gasteiger partial charge in [0.2, 0.25) is 0 Å². The Bertz CT molecular complexity index is 1000. The number of anilines is 1. The van der Waals surface area contributed by atoms with Crippen molar-refractivity contribution >= 4 is 57.4 Å². The topological polar surface area (TPSA) is 91.8 Å². The molecule has 2 aliphatic rings. The van der Waals surface area contributed by atoms with Gasteiger partial charge in [0.1, 0.15) is 11.8 Å². The van der Waals surface area contributed by atoms with Crippen LogP contribution < -0.4 is 5.32 Å². The molecule has 2 saturated heterocycles. The molecule has 2 aliphatic heterocycles. The third-order valence-corrected chi connectivity index (χ3v) is 6.71. The maximum absolute atomic E-state index is 12.8. The van der Waals surface area contributed by atoms with E-state index in [0.29, 0.717) is 48.5 Å². The molecular weight excluding hydrogens is 463 g/mol. The summed E-state index contributed by atoms with van der Waals surface area (Å²) in [5, 5.41) is 5.22. The number of hydrogen-bond acceptors (Lipinski definition) is 6. The smallest absolute Gasteiger partial charge is 0.273 e. The third kappa shape index (κ3) is 5.01. The SMILES string of the molecule is O=C(Nc1nc(C(=O)N2CCN(C(=O)C3CCCO3)CC2)cs1)c1ccc(Cl)c(Cl)c1. The number of halogens is 2. The molecular formula is C20H20Cl2N4O4S. The quantitative estimate of drug-likeness (QED) is 0.722. The molecule has 1 unspecified atom stereocenters. The molecule has 1 N–H and O–H groups in total. The molecule has 0 aliphatic carbocycles. The highest BCUT2D eigenvalue weighted by Crippen LogP contribution is 2.24. The molecule has 8 nitrogen and oxygen atoms in total. The average Bonchev–Trinajstić information content (AvgIpc) is 3.47. The van der Waals surface area contributed by atoms with Crippen LogP contribution in [0.5, 0.6) is 0 Å². The molecule has 3 heterocycles. The van der Waals surface area contributed by atoms with Crippen LogP contribution in [-0.4, -0.2) is 71.4 Å². The fraction of sp³-hybridized carbons (Fsp3) is 0.400. The van der Waals surface area contributed by atoms with E-state index in [1.807, 2.05) is 0 Å². The zero-order valence-electron chi connectivity index (χ0n) is 16.5. The first-order valence-electron chi connectivity index (χ1n) is 9.84. The molecule has 1 atom stereocenters. The maximum atomic E-state index is 12.8. The first kappa shape index (κ1) is 22.0. The van der Waals surface area contributed by atoms with E-state index >= 15 is 0 Å². The van der Waals surface area contributed by atoms with Crippen molar-refractivity contribution in [3.8, 4) is 0 Å². The molecule has 3 amide bonds. The average molecular weight is 483 g/mol. The molecule has 2 fully saturated rings. The maximum Gasteiger partial charge on any atom is 0.273 e. The highest BCUT2D eigenvalue weighted by molar-refractivity contribution is 7.14. The zero-order chi connectivity index (χ0) is 22.0. The Morgan fingerprint density at radius 1 is 1.10 bits per heavy atom. The predicted molar refractivity (Wildman–Crippen MR) is 118 cm³/mol. The molecule has 11 heteroatoms. The van der Waals surface area contributed by atoms with E-state index in [1.54, 1.807) is 27.3 Å². The minimum Gasteiger partial charge on any atom is -0.368 e. The van der Waals surface area contributed by atoms with Gasteiger partial charge in [-0.05, 0) is 31.0 Å². The zero-order valence-corrected chi connectivity index (χ0v) is 18.8. The Labute approximate surface area is 193 Å². The molecule has 0 saturated carbocycles. The van der Waals surface area contributed by atoms with Gasteiger partial charge < -0.3 is 14.5 Å². The number of carbonyl (C=O) groups is 3. The van der Waals surface area contributed by atoms with Crippen molar-refractivity contribution in [2.75, 3.05) is 38.1 Å². The van der Waals surface area contributed by atoms with E-state index in [2.05, 4.69) is 10.3 Å². The van der Waals surface area contributed by atoms with Crippen LogP contribution in [0.4, 0.5) is 5.13 Å². The Balaban J connectivity index is 1.32. The van der Waals surface area contributed by atoms with Crippen molar-refractivity contribution in [3.05, 3.63) is 44.9 Å². The van der Waals surface area contributed by atoms with E-state index in [1.165, 1.54) is 6.07 Å². The van der Waals surface area contributed by atoms with Gasteiger partial charge in [-0.3, -0.25) is 19.7 Å². The molecule has 0 spiro atoms. The molecule has 0 radical (unpaired) electrons. The second kappa shape index (κ2) is 9.52. The van der Waals surface area contributed by atoms with Crippen molar-refractivity contribution < 1.29 is 19.1 Å². The summed E-state index contributed by atoms with van der Waals surface area (Å²) >= 11 is 13.0. The molecule has 1 aromatic carbocycles. The van der Waals surface area contributed by atoms with Crippen molar-refractivity contribution in [1.82, 2.24) is 14.8 Å². The lowest BCUT2D eigenvalue weighted by atomic mass is 10.2. The number of piperazine rings is 1. The fourth-order valence-electron chi connectivity index (χ4n) is 3.50. The number of hydrogen-bond donors (Lipinski definition) is 1. The van der Waals surface area contributed by atoms with Crippen molar-refractivity contribution in [1.29, 1.82) is 0 Å². The highest BCUT2D eigenvalue weighted by atomic mass is 35.5. The van der Waals surface area contributed by atoms with Crippen LogP contribution in [0.15, 0.2) is 23.6 Å². The second-order valence-electron chi connectivity index (χ2n) is 7.24. The number of nitrogens with one attached hydrogen (secondary N) is 1. The van der Waals surface area contributed by atoms with Crippen LogP contribution in [0.3, 0.4) is 0 Å². The van der Waals surface area contributed by atoms with Gasteiger partial charge in [-0.15, -0.1) is 11.3 Å². The van der Waals surface area contributed by atoms with Crippen molar-refractivity contribution in [3.63, 3.8) is 0 Å². The first-order chi connectivity index (χ1) is 14.9. The Morgan fingerprint density at radius 3 is 2.52 bits per heavy atom. The van der Waals surface area contributed by atoms with Crippen LogP contribution in [0.1, 0.15) is 33.7 Å². The summed E-state index contributed by atoms with van der Waals surface area (Å²) in [7, 11) is 0. The van der Waals surface area contributed by atoms with E-state index < -0.39 is 5.91 Å². The summed E-state index contributed by atoms with van der Waals surface area (Å²) < 4.78 is 5.46. The monoisotopic (exact) mass is 482 g/mol. The summed E-state index contributed by atoms with van der Waals surface area (Å²) in [6, 6.07) is 4.57. The van der Waals surface area contributed by atoms with Crippen molar-refractivity contribution in [2.24, 2.45) is 0 Å². The first-order valence-corrected chi connectivity index (χ1v) is 11.5. The van der Waals surface area contributed by atoms with E-state index in [4.69, 9.17) is 27.9 Å². The number of amides is 3. The highest BCUT2D eigenvalue weighted by Gasteiger charge is 2.32. The normalized spacial score (nSPS) is 18.8. The van der Waals surface area contributed by atoms with E-state index in [9.17, 15) is 14.4 Å². The van der Waals surface area contributed by atoms with Gasteiger partial charge in [-0.2, -0.15) is 0 Å². The number of aromatic nitrogens is 1. The van der Waals surface area contributed by atoms with Gasteiger partial charge in [-0.25, -0.2) is 4.98 Å². The van der Waals surface area contributed by atoms with Crippen LogP contribution in [0.25, 0.3) is 0 Å². The minimum atomic E-state index is -0.395. The van der Waals surface area contributed by atoms with Gasteiger partial charge >= 0.3 is 0 Å². The van der Waals surface area contributed by atoms with E-state index in [0.717, 1.165) is 24.2 Å². The number of nitrogens with zero attached hydrogens (tertiary/aromatic N) is 3. The largest absolute Gasteiger partial charge is 0.368 e. The lowest BCUT2D eigenvalue weighted by Gasteiger charge is -2.35. The summed E-state index contributed by atoms with van der Waals surface area (Å²) in [5.41, 5.74) is 0.595. The summed E-state index contributed by atoms with van der Waals surface area (Å²) in [6.07, 6.45) is 1.32. The number of thiazole rings is 1. The molecule has 31 heavy (non-hydrogen) atoms. The summed E-state index contributed by atoms with van der Waals surface area (Å²) in [6.45, 7) is 2.42. The summed E-state index contributed by atoms with van der Waals surface area (Å²) in [4.78, 5) is 45.3. The van der Waals surface area contributed by atoms with Crippen LogP contribution in [-0.2, 0) is 9.53 Å². The second-order valence-corrected chi connectivity index (χ2v) is 8.91. The lowest BCUT2D eigenvalue weighted by Crippen LogP contribution is -2.52.